The van der Waals surface area contributed by atoms with Crippen molar-refractivity contribution in [1.82, 2.24) is 0 Å². The summed E-state index contributed by atoms with van der Waals surface area (Å²) in [6, 6.07) is 0. The highest BCUT2D eigenvalue weighted by atomic mass is 16.6. The van der Waals surface area contributed by atoms with Crippen LogP contribution in [0.15, 0.2) is 158 Å². The van der Waals surface area contributed by atoms with Crippen LogP contribution in [0.2, 0.25) is 0 Å². The molecule has 0 N–H and O–H groups in total. The van der Waals surface area contributed by atoms with E-state index < -0.39 is 12.1 Å². The molecule has 0 fully saturated rings. The Bertz CT molecular complexity index is 1780. The smallest absolute Gasteiger partial charge is 0.306 e. The minimum atomic E-state index is -0.856. The molecule has 444 valence electrons. The maximum Gasteiger partial charge on any atom is 0.306 e. The summed E-state index contributed by atoms with van der Waals surface area (Å²) in [6.45, 7) is 6.27. The summed E-state index contributed by atoms with van der Waals surface area (Å²) in [5.74, 6) is -1.11. The molecule has 0 spiro atoms. The number of allylic oxidation sites excluding steroid dienone is 26. The first kappa shape index (κ1) is 74.0. The van der Waals surface area contributed by atoms with Gasteiger partial charge in [0.1, 0.15) is 13.2 Å². The van der Waals surface area contributed by atoms with Crippen LogP contribution in [-0.4, -0.2) is 37.2 Å². The van der Waals surface area contributed by atoms with Gasteiger partial charge < -0.3 is 14.2 Å². The van der Waals surface area contributed by atoms with Crippen LogP contribution >= 0.6 is 0 Å². The number of esters is 3. The quantitative estimate of drug-likeness (QED) is 0.0261. The molecular weight excluding hydrogens is 973 g/mol. The van der Waals surface area contributed by atoms with Gasteiger partial charge in [-0.1, -0.05) is 281 Å². The molecule has 0 bridgehead atoms. The van der Waals surface area contributed by atoms with Crippen LogP contribution in [0.5, 0.6) is 0 Å². The van der Waals surface area contributed by atoms with Gasteiger partial charge in [0.2, 0.25) is 0 Å². The van der Waals surface area contributed by atoms with Gasteiger partial charge in [0.25, 0.3) is 0 Å². The van der Waals surface area contributed by atoms with E-state index in [0.717, 1.165) is 96.3 Å². The molecule has 0 saturated carbocycles. The molecule has 1 unspecified atom stereocenters. The Morgan fingerprint density at radius 1 is 0.266 bits per heavy atom. The first-order valence-electron chi connectivity index (χ1n) is 32.0. The second-order valence-corrected chi connectivity index (χ2v) is 20.5. The van der Waals surface area contributed by atoms with E-state index in [2.05, 4.69) is 154 Å². The fraction of sp³-hybridized carbons (Fsp3) is 0.603. The lowest BCUT2D eigenvalue weighted by atomic mass is 10.0. The van der Waals surface area contributed by atoms with Crippen LogP contribution < -0.4 is 0 Å². The molecule has 79 heavy (non-hydrogen) atoms. The molecule has 0 rings (SSSR count). The zero-order chi connectivity index (χ0) is 57.1. The lowest BCUT2D eigenvalue weighted by Crippen LogP contribution is -2.30. The Labute approximate surface area is 486 Å². The van der Waals surface area contributed by atoms with E-state index in [9.17, 15) is 14.4 Å². The largest absolute Gasteiger partial charge is 0.462 e. The van der Waals surface area contributed by atoms with Crippen molar-refractivity contribution in [3.8, 4) is 0 Å². The highest BCUT2D eigenvalue weighted by Gasteiger charge is 2.19. The van der Waals surface area contributed by atoms with E-state index in [4.69, 9.17) is 14.2 Å². The predicted molar refractivity (Wildman–Crippen MR) is 343 cm³/mol. The maximum absolute atomic E-state index is 12.9. The first-order valence-corrected chi connectivity index (χ1v) is 32.0. The highest BCUT2D eigenvalue weighted by Crippen LogP contribution is 2.15. The topological polar surface area (TPSA) is 78.9 Å². The van der Waals surface area contributed by atoms with Gasteiger partial charge in [-0.25, -0.2) is 0 Å². The van der Waals surface area contributed by atoms with Crippen molar-refractivity contribution in [3.05, 3.63) is 158 Å². The minimum absolute atomic E-state index is 0.136. The highest BCUT2D eigenvalue weighted by molar-refractivity contribution is 5.71. The van der Waals surface area contributed by atoms with E-state index in [1.165, 1.54) is 116 Å². The summed E-state index contributed by atoms with van der Waals surface area (Å²) in [4.78, 5) is 38.2. The molecule has 0 aliphatic rings. The van der Waals surface area contributed by atoms with Gasteiger partial charge in [-0.3, -0.25) is 14.4 Å². The summed E-state index contributed by atoms with van der Waals surface area (Å²) in [6.07, 6.45) is 95.7. The van der Waals surface area contributed by atoms with Gasteiger partial charge in [0, 0.05) is 19.3 Å². The van der Waals surface area contributed by atoms with E-state index in [1.54, 1.807) is 0 Å². The molecule has 0 aliphatic carbocycles. The summed E-state index contributed by atoms with van der Waals surface area (Å²) in [7, 11) is 0. The van der Waals surface area contributed by atoms with E-state index in [1.807, 2.05) is 24.3 Å². The van der Waals surface area contributed by atoms with Crippen LogP contribution in [0.3, 0.4) is 0 Å². The first-order chi connectivity index (χ1) is 39.0. The summed E-state index contributed by atoms with van der Waals surface area (Å²) in [5, 5.41) is 0. The van der Waals surface area contributed by atoms with Gasteiger partial charge in [0.05, 0.1) is 0 Å². The second kappa shape index (κ2) is 65.5. The molecule has 1 atom stereocenters. The number of unbranched alkanes of at least 4 members (excludes halogenated alkanes) is 19. The van der Waals surface area contributed by atoms with E-state index >= 15 is 0 Å². The molecule has 0 aliphatic heterocycles. The van der Waals surface area contributed by atoms with Gasteiger partial charge in [-0.15, -0.1) is 0 Å². The Kier molecular flexibility index (Phi) is 61.4. The fourth-order valence-corrected chi connectivity index (χ4v) is 8.31. The van der Waals surface area contributed by atoms with Gasteiger partial charge in [-0.2, -0.15) is 0 Å². The number of rotatable bonds is 56. The average Bonchev–Trinajstić information content (AvgIpc) is 3.45. The van der Waals surface area contributed by atoms with Gasteiger partial charge >= 0.3 is 17.9 Å². The van der Waals surface area contributed by atoms with Crippen LogP contribution in [0.4, 0.5) is 0 Å². The van der Waals surface area contributed by atoms with Crippen LogP contribution in [0.1, 0.15) is 265 Å². The standard InChI is InChI=1S/C73H116O6/c1-4-7-10-13-16-19-22-25-27-29-31-32-33-34-35-36-37-38-39-40-42-43-45-48-51-54-57-60-63-66-72(75)78-69-70(68-77-71(74)65-62-59-56-53-50-47-24-21-18-15-12-9-6-3)79-73(76)67-64-61-58-55-52-49-46-44-41-30-28-26-23-20-17-14-11-8-5-2/h8-9,11-12,17-18,20-22,25-26,28-29,31,33-34,41,44,47,49-50,52,56,58-59,61,70H,4-7,10,13-16,19,23-24,27,30,32,35-40,42-43,45-46,48,51,53-55,57,60,62-69H2,1-3H3/b11-8-,12-9-,20-17-,21-18-,25-22-,28-26-,31-29-,34-33-,44-41-,50-47-,52-49-,59-56-,61-58-. The molecule has 0 aromatic carbocycles. The number of hydrogen-bond donors (Lipinski definition) is 0. The zero-order valence-electron chi connectivity index (χ0n) is 50.8. The lowest BCUT2D eigenvalue weighted by molar-refractivity contribution is -0.166. The molecule has 6 heteroatoms. The lowest BCUT2D eigenvalue weighted by Gasteiger charge is -2.18. The summed E-state index contributed by atoms with van der Waals surface area (Å²) >= 11 is 0. The summed E-state index contributed by atoms with van der Waals surface area (Å²) in [5.41, 5.74) is 0. The molecule has 0 heterocycles. The third-order valence-corrected chi connectivity index (χ3v) is 13.0. The predicted octanol–water partition coefficient (Wildman–Crippen LogP) is 22.1. The second-order valence-electron chi connectivity index (χ2n) is 20.5. The third-order valence-electron chi connectivity index (χ3n) is 13.0. The summed E-state index contributed by atoms with van der Waals surface area (Å²) < 4.78 is 16.7. The molecule has 0 amide bonds. The maximum atomic E-state index is 12.9. The molecule has 6 nitrogen and oxygen atoms in total. The Morgan fingerprint density at radius 2 is 0.519 bits per heavy atom. The molecule has 0 radical (unpaired) electrons. The van der Waals surface area contributed by atoms with Crippen molar-refractivity contribution >= 4 is 17.9 Å². The van der Waals surface area contributed by atoms with Crippen molar-refractivity contribution in [2.24, 2.45) is 0 Å². The van der Waals surface area contributed by atoms with Crippen LogP contribution in [-0.2, 0) is 28.6 Å². The number of hydrogen-bond acceptors (Lipinski definition) is 6. The monoisotopic (exact) mass is 1090 g/mol. The number of carbonyl (C=O) groups is 3. The third kappa shape index (κ3) is 63.7. The van der Waals surface area contributed by atoms with Crippen molar-refractivity contribution in [3.63, 3.8) is 0 Å². The van der Waals surface area contributed by atoms with Gasteiger partial charge in [-0.05, 0) is 122 Å². The van der Waals surface area contributed by atoms with Crippen LogP contribution in [0.25, 0.3) is 0 Å². The minimum Gasteiger partial charge on any atom is -0.462 e. The van der Waals surface area contributed by atoms with Crippen molar-refractivity contribution in [2.45, 2.75) is 271 Å². The van der Waals surface area contributed by atoms with E-state index in [-0.39, 0.29) is 38.0 Å². The normalized spacial score (nSPS) is 13.2. The number of carbonyl (C=O) groups excluding carboxylic acids is 3. The number of ether oxygens (including phenoxy) is 3. The molecule has 0 aromatic rings. The zero-order valence-corrected chi connectivity index (χ0v) is 50.8. The SMILES string of the molecule is CC/C=C\C/C=C\C/C=C\C/C=C\C/C=C\C/C=C\CCC(=O)OC(COC(=O)CC/C=C\C/C=C\C/C=C\C/C=C\CC)COC(=O)CCCCCCCCCCCCCCCC/C=C\C/C=C\C/C=C\CCCCCCC. The van der Waals surface area contributed by atoms with Crippen molar-refractivity contribution in [2.75, 3.05) is 13.2 Å². The van der Waals surface area contributed by atoms with E-state index in [0.29, 0.717) is 19.3 Å². The average molecular weight is 1090 g/mol. The van der Waals surface area contributed by atoms with Crippen molar-refractivity contribution < 1.29 is 28.6 Å². The molecule has 0 aromatic heterocycles. The Morgan fingerprint density at radius 3 is 0.848 bits per heavy atom. The van der Waals surface area contributed by atoms with Crippen LogP contribution in [0, 0.1) is 0 Å². The Balaban J connectivity index is 4.41. The Hall–Kier alpha value is -4.97. The van der Waals surface area contributed by atoms with Gasteiger partial charge in [0.15, 0.2) is 6.10 Å². The van der Waals surface area contributed by atoms with Crippen molar-refractivity contribution in [1.29, 1.82) is 0 Å². The fourth-order valence-electron chi connectivity index (χ4n) is 8.31. The molecule has 0 saturated heterocycles. The molecular formula is C73H116O6.